The van der Waals surface area contributed by atoms with Gasteiger partial charge in [-0.1, -0.05) is 36.4 Å². The van der Waals surface area contributed by atoms with Gasteiger partial charge in [-0.2, -0.15) is 13.2 Å². The van der Waals surface area contributed by atoms with E-state index in [1.165, 1.54) is 6.07 Å². The van der Waals surface area contributed by atoms with Crippen LogP contribution < -0.4 is 11.1 Å². The molecule has 3 amide bonds. The van der Waals surface area contributed by atoms with Crippen LogP contribution in [-0.4, -0.2) is 108 Å². The van der Waals surface area contributed by atoms with Gasteiger partial charge in [0.25, 0.3) is 0 Å². The molecule has 2 aromatic rings. The lowest BCUT2D eigenvalue weighted by atomic mass is 9.90. The van der Waals surface area contributed by atoms with Gasteiger partial charge >= 0.3 is 12.2 Å². The van der Waals surface area contributed by atoms with E-state index in [1.807, 2.05) is 34.1 Å². The number of hydrogen-bond acceptors (Lipinski definition) is 6. The molecule has 0 aliphatic carbocycles. The molecule has 266 valence electrons. The number of hydrogen-bond donors (Lipinski definition) is 2. The number of halogens is 4. The fourth-order valence-corrected chi connectivity index (χ4v) is 8.12. The van der Waals surface area contributed by atoms with Crippen LogP contribution in [0.1, 0.15) is 48.8 Å². The van der Waals surface area contributed by atoms with Gasteiger partial charge in [0.1, 0.15) is 0 Å². The maximum Gasteiger partial charge on any atom is 0.418 e. The third-order valence-corrected chi connectivity index (χ3v) is 11.2. The highest BCUT2D eigenvalue weighted by Crippen LogP contribution is 2.39. The Morgan fingerprint density at radius 2 is 1.61 bits per heavy atom. The predicted molar refractivity (Wildman–Crippen MR) is 186 cm³/mol. The number of piperazine rings is 1. The Hall–Kier alpha value is -3.48. The summed E-state index contributed by atoms with van der Waals surface area (Å²) in [5.41, 5.74) is 7.25. The summed E-state index contributed by atoms with van der Waals surface area (Å²) in [4.78, 5) is 37.9. The van der Waals surface area contributed by atoms with Crippen LogP contribution in [0.4, 0.5) is 29.3 Å². The fourth-order valence-electron chi connectivity index (χ4n) is 7.88. The van der Waals surface area contributed by atoms with Crippen molar-refractivity contribution < 1.29 is 22.8 Å². The molecule has 9 nitrogen and oxygen atoms in total. The smallest absolute Gasteiger partial charge is 0.397 e. The molecule has 0 unspecified atom stereocenters. The monoisotopic (exact) mass is 701 g/mol. The van der Waals surface area contributed by atoms with Gasteiger partial charge in [0.2, 0.25) is 5.91 Å². The summed E-state index contributed by atoms with van der Waals surface area (Å²) in [5.74, 6) is -0.686. The predicted octanol–water partition coefficient (Wildman–Crippen LogP) is 5.75. The van der Waals surface area contributed by atoms with E-state index in [0.29, 0.717) is 50.7 Å². The highest BCUT2D eigenvalue weighted by atomic mass is 35.5. The van der Waals surface area contributed by atoms with Crippen molar-refractivity contribution in [1.29, 1.82) is 0 Å². The van der Waals surface area contributed by atoms with Gasteiger partial charge in [-0.15, -0.1) is 0 Å². The Morgan fingerprint density at radius 1 is 0.980 bits per heavy atom. The number of nitrogens with one attached hydrogen (secondary N) is 1. The van der Waals surface area contributed by atoms with Crippen LogP contribution in [0, 0.1) is 5.92 Å². The Morgan fingerprint density at radius 3 is 2.29 bits per heavy atom. The molecule has 2 aromatic carbocycles. The molecular weight excluding hydrogens is 655 g/mol. The van der Waals surface area contributed by atoms with Crippen LogP contribution in [0.25, 0.3) is 0 Å². The standard InChI is InChI=1S/C36H47ClF3N7O2/c1-24(44-11-9-29(10-12-44)47-23-26-5-3-4-6-32(26)42-35(47)49)19-27(20-25-21-30(36(38,39)40)33(41)31(37)22-25)34(48)46-13-7-28(8-14-46)45-17-15-43(2)16-18-45/h3-6,21-22,27-29H,1,7-20,23,41H2,2H3,(H,42,49)/t27-/m1/s1. The molecule has 0 saturated carbocycles. The second kappa shape index (κ2) is 14.8. The number of alkyl halides is 3. The summed E-state index contributed by atoms with van der Waals surface area (Å²) in [6.07, 6.45) is -1.04. The lowest BCUT2D eigenvalue weighted by molar-refractivity contribution is -0.137. The third kappa shape index (κ3) is 8.13. The summed E-state index contributed by atoms with van der Waals surface area (Å²) in [6.45, 7) is 11.6. The molecule has 0 bridgehead atoms. The number of piperidine rings is 2. The molecule has 4 aliphatic rings. The fraction of sp³-hybridized carbons (Fsp3) is 0.556. The van der Waals surface area contributed by atoms with E-state index < -0.39 is 23.3 Å². The van der Waals surface area contributed by atoms with Crippen molar-refractivity contribution in [2.75, 3.05) is 70.5 Å². The zero-order valence-corrected chi connectivity index (χ0v) is 28.9. The molecule has 3 N–H and O–H groups in total. The topological polar surface area (TPSA) is 88.4 Å². The average Bonchev–Trinajstić information content (AvgIpc) is 3.09. The summed E-state index contributed by atoms with van der Waals surface area (Å²) < 4.78 is 41.6. The van der Waals surface area contributed by atoms with E-state index in [-0.39, 0.29) is 29.4 Å². The van der Waals surface area contributed by atoms with E-state index in [4.69, 9.17) is 17.3 Å². The number of nitrogen functional groups attached to an aromatic ring is 1. The first-order valence-electron chi connectivity index (χ1n) is 17.3. The first-order valence-corrected chi connectivity index (χ1v) is 17.7. The van der Waals surface area contributed by atoms with E-state index in [1.54, 1.807) is 0 Å². The molecule has 4 heterocycles. The number of fused-ring (bicyclic) bond motifs is 1. The molecule has 4 aliphatic heterocycles. The SMILES string of the molecule is C=C(C[C@H](Cc1cc(Cl)c(N)c(C(F)(F)F)c1)C(=O)N1CCC(N2CCN(C)CC2)CC1)N1CCC(N2Cc3ccccc3NC2=O)CC1. The molecule has 49 heavy (non-hydrogen) atoms. The van der Waals surface area contributed by atoms with Crippen LogP contribution in [0.15, 0.2) is 48.7 Å². The Kier molecular flexibility index (Phi) is 10.7. The molecular formula is C36H47ClF3N7O2. The first kappa shape index (κ1) is 35.3. The number of rotatable bonds is 8. The normalized spacial score (nSPS) is 21.0. The number of anilines is 2. The van der Waals surface area contributed by atoms with E-state index in [9.17, 15) is 22.8 Å². The summed E-state index contributed by atoms with van der Waals surface area (Å²) in [7, 11) is 2.13. The molecule has 0 radical (unpaired) electrons. The number of amides is 3. The number of likely N-dealkylation sites (N-methyl/N-ethyl adjacent to an activating group) is 1. The number of nitrogens with two attached hydrogens (primary N) is 1. The minimum absolute atomic E-state index is 0.0640. The van der Waals surface area contributed by atoms with Crippen LogP contribution in [-0.2, 0) is 23.9 Å². The molecule has 3 fully saturated rings. The van der Waals surface area contributed by atoms with Gasteiger partial charge in [0.05, 0.1) is 16.3 Å². The van der Waals surface area contributed by atoms with Crippen LogP contribution in [0.5, 0.6) is 0 Å². The average molecular weight is 702 g/mol. The van der Waals surface area contributed by atoms with Gasteiger partial charge in [-0.05, 0) is 74.9 Å². The van der Waals surface area contributed by atoms with Crippen molar-refractivity contribution in [2.24, 2.45) is 5.92 Å². The summed E-state index contributed by atoms with van der Waals surface area (Å²) in [5, 5.41) is 2.83. The van der Waals surface area contributed by atoms with Crippen LogP contribution >= 0.6 is 11.6 Å². The van der Waals surface area contributed by atoms with Crippen molar-refractivity contribution in [1.82, 2.24) is 24.5 Å². The van der Waals surface area contributed by atoms with Gasteiger partial charge in [0, 0.05) is 88.3 Å². The molecule has 0 spiro atoms. The van der Waals surface area contributed by atoms with E-state index in [2.05, 4.69) is 33.6 Å². The van der Waals surface area contributed by atoms with Gasteiger partial charge in [-0.25, -0.2) is 4.79 Å². The minimum atomic E-state index is -4.67. The lowest BCUT2D eigenvalue weighted by Crippen LogP contribution is -2.53. The van der Waals surface area contributed by atoms with E-state index >= 15 is 0 Å². The first-order chi connectivity index (χ1) is 23.4. The number of para-hydroxylation sites is 1. The molecule has 1 atom stereocenters. The maximum absolute atomic E-state index is 14.2. The number of carbonyl (C=O) groups is 2. The van der Waals surface area contributed by atoms with Crippen molar-refractivity contribution in [3.05, 3.63) is 70.4 Å². The second-order valence-corrected chi connectivity index (χ2v) is 14.4. The second-order valence-electron chi connectivity index (χ2n) is 14.0. The van der Waals surface area contributed by atoms with Crippen molar-refractivity contribution in [2.45, 2.75) is 63.3 Å². The van der Waals surface area contributed by atoms with Crippen molar-refractivity contribution in [3.63, 3.8) is 0 Å². The van der Waals surface area contributed by atoms with Crippen LogP contribution in [0.2, 0.25) is 5.02 Å². The summed E-state index contributed by atoms with van der Waals surface area (Å²) in [6, 6.07) is 10.7. The lowest BCUT2D eigenvalue weighted by Gasteiger charge is -2.43. The van der Waals surface area contributed by atoms with Gasteiger partial charge in [0.15, 0.2) is 0 Å². The van der Waals surface area contributed by atoms with Gasteiger partial charge in [-0.3, -0.25) is 9.69 Å². The Labute approximate surface area is 291 Å². The number of nitrogens with zero attached hydrogens (tertiary/aromatic N) is 5. The Balaban J connectivity index is 1.13. The zero-order chi connectivity index (χ0) is 34.9. The number of allylic oxidation sites excluding steroid dienone is 1. The Bertz CT molecular complexity index is 1530. The number of carbonyl (C=O) groups excluding carboxylic acids is 2. The van der Waals surface area contributed by atoms with E-state index in [0.717, 1.165) is 74.9 Å². The quantitative estimate of drug-likeness (QED) is 0.341. The largest absolute Gasteiger partial charge is 0.418 e. The highest BCUT2D eigenvalue weighted by molar-refractivity contribution is 6.33. The number of urea groups is 1. The highest BCUT2D eigenvalue weighted by Gasteiger charge is 2.37. The molecule has 3 saturated heterocycles. The molecule has 13 heteroatoms. The molecule has 0 aromatic heterocycles. The third-order valence-electron chi connectivity index (χ3n) is 10.9. The molecule has 6 rings (SSSR count). The zero-order valence-electron chi connectivity index (χ0n) is 28.2. The maximum atomic E-state index is 14.2. The number of benzene rings is 2. The van der Waals surface area contributed by atoms with Crippen molar-refractivity contribution in [3.8, 4) is 0 Å². The van der Waals surface area contributed by atoms with Crippen molar-refractivity contribution >= 4 is 34.9 Å². The van der Waals surface area contributed by atoms with Gasteiger partial charge < -0.3 is 30.7 Å². The van der Waals surface area contributed by atoms with Crippen LogP contribution in [0.3, 0.4) is 0 Å². The summed E-state index contributed by atoms with van der Waals surface area (Å²) >= 11 is 6.19. The number of likely N-dealkylation sites (tertiary alicyclic amines) is 2. The minimum Gasteiger partial charge on any atom is -0.397 e.